The van der Waals surface area contributed by atoms with Crippen molar-refractivity contribution in [2.45, 2.75) is 65.5 Å². The molecule has 0 aliphatic carbocycles. The summed E-state index contributed by atoms with van der Waals surface area (Å²) in [6.07, 6.45) is 15.8. The molecular formula is C35H47N5. The second kappa shape index (κ2) is 15.1. The molecule has 2 aromatic rings. The van der Waals surface area contributed by atoms with Crippen molar-refractivity contribution >= 4 is 11.3 Å². The molecule has 1 fully saturated rings. The molecule has 5 heteroatoms. The average Bonchev–Trinajstić information content (AvgIpc) is 2.98. The molecule has 1 aliphatic rings. The Bertz CT molecular complexity index is 1270. The maximum absolute atomic E-state index is 6.41. The van der Waals surface area contributed by atoms with E-state index in [2.05, 4.69) is 72.8 Å². The predicted molar refractivity (Wildman–Crippen MR) is 173 cm³/mol. The number of nitrogen functional groups attached to an aromatic ring is 1. The second-order valence-corrected chi connectivity index (χ2v) is 10.5. The van der Waals surface area contributed by atoms with Crippen LogP contribution in [0.5, 0.6) is 0 Å². The molecule has 0 bridgehead atoms. The van der Waals surface area contributed by atoms with Crippen molar-refractivity contribution in [3.63, 3.8) is 0 Å². The summed E-state index contributed by atoms with van der Waals surface area (Å²) < 4.78 is 0. The Morgan fingerprint density at radius 2 is 1.70 bits per heavy atom. The predicted octanol–water partition coefficient (Wildman–Crippen LogP) is 7.74. The normalized spacial score (nSPS) is 14.3. The molecule has 5 nitrogen and oxygen atoms in total. The third kappa shape index (κ3) is 8.59. The van der Waals surface area contributed by atoms with Gasteiger partial charge in [0.15, 0.2) is 0 Å². The van der Waals surface area contributed by atoms with Crippen molar-refractivity contribution in [2.24, 2.45) is 0 Å². The monoisotopic (exact) mass is 537 g/mol. The highest BCUT2D eigenvalue weighted by Gasteiger charge is 2.13. The van der Waals surface area contributed by atoms with E-state index in [-0.39, 0.29) is 0 Å². The van der Waals surface area contributed by atoms with Crippen LogP contribution in [0.3, 0.4) is 0 Å². The van der Waals surface area contributed by atoms with Gasteiger partial charge in [-0.25, -0.2) is 0 Å². The molecule has 1 saturated heterocycles. The van der Waals surface area contributed by atoms with Crippen LogP contribution in [0, 0.1) is 0 Å². The van der Waals surface area contributed by atoms with E-state index in [1.807, 2.05) is 49.7 Å². The first-order chi connectivity index (χ1) is 19.2. The average molecular weight is 538 g/mol. The maximum atomic E-state index is 6.41. The van der Waals surface area contributed by atoms with Crippen molar-refractivity contribution in [1.29, 1.82) is 0 Å². The summed E-state index contributed by atoms with van der Waals surface area (Å²) in [4.78, 5) is 7.05. The molecule has 212 valence electrons. The van der Waals surface area contributed by atoms with Gasteiger partial charge in [0.2, 0.25) is 0 Å². The molecule has 0 spiro atoms. The number of aromatic nitrogens is 1. The van der Waals surface area contributed by atoms with Gasteiger partial charge in [0.1, 0.15) is 0 Å². The van der Waals surface area contributed by atoms with Crippen molar-refractivity contribution in [1.82, 2.24) is 20.5 Å². The lowest BCUT2D eigenvalue weighted by molar-refractivity contribution is 0.220. The number of hydrogen-bond acceptors (Lipinski definition) is 5. The van der Waals surface area contributed by atoms with Crippen molar-refractivity contribution in [3.05, 3.63) is 115 Å². The topological polar surface area (TPSA) is 66.2 Å². The molecular weight excluding hydrogens is 490 g/mol. The van der Waals surface area contributed by atoms with Gasteiger partial charge in [-0.2, -0.15) is 0 Å². The van der Waals surface area contributed by atoms with Crippen LogP contribution in [0.15, 0.2) is 104 Å². The summed E-state index contributed by atoms with van der Waals surface area (Å²) in [7, 11) is 0. The summed E-state index contributed by atoms with van der Waals surface area (Å²) >= 11 is 0. The molecule has 0 unspecified atom stereocenters. The number of nitrogens with two attached hydrogens (primary N) is 1. The van der Waals surface area contributed by atoms with Gasteiger partial charge in [0.25, 0.3) is 0 Å². The molecule has 0 atom stereocenters. The minimum Gasteiger partial charge on any atom is -0.398 e. The van der Waals surface area contributed by atoms with Crippen molar-refractivity contribution in [2.75, 3.05) is 18.8 Å². The lowest BCUT2D eigenvalue weighted by Gasteiger charge is -2.26. The second-order valence-electron chi connectivity index (χ2n) is 10.5. The summed E-state index contributed by atoms with van der Waals surface area (Å²) in [5.41, 5.74) is 15.2. The van der Waals surface area contributed by atoms with Crippen LogP contribution in [0.25, 0.3) is 16.7 Å². The highest BCUT2D eigenvalue weighted by Crippen LogP contribution is 2.30. The lowest BCUT2D eigenvalue weighted by Crippen LogP contribution is -2.29. The highest BCUT2D eigenvalue weighted by molar-refractivity contribution is 5.85. The fourth-order valence-corrected chi connectivity index (χ4v) is 4.85. The summed E-state index contributed by atoms with van der Waals surface area (Å²) in [6, 6.07) is 8.67. The first-order valence-corrected chi connectivity index (χ1v) is 14.5. The molecule has 40 heavy (non-hydrogen) atoms. The number of likely N-dealkylation sites (tertiary alicyclic amines) is 1. The number of pyridine rings is 1. The van der Waals surface area contributed by atoms with Gasteiger partial charge in [-0.05, 0) is 92.2 Å². The molecule has 0 amide bonds. The van der Waals surface area contributed by atoms with Crippen LogP contribution < -0.4 is 16.4 Å². The molecule has 1 aromatic heterocycles. The van der Waals surface area contributed by atoms with Crippen LogP contribution >= 0.6 is 0 Å². The smallest absolute Gasteiger partial charge is 0.0394 e. The number of rotatable bonds is 14. The largest absolute Gasteiger partial charge is 0.398 e. The van der Waals surface area contributed by atoms with Crippen LogP contribution in [-0.2, 0) is 6.54 Å². The zero-order valence-electron chi connectivity index (χ0n) is 24.7. The van der Waals surface area contributed by atoms with E-state index in [1.165, 1.54) is 24.8 Å². The number of nitrogens with one attached hydrogen (secondary N) is 2. The summed E-state index contributed by atoms with van der Waals surface area (Å²) in [5.74, 6) is 0. The SMILES string of the molecule is C=C(/C=C\C(=C/C)NC(=C)C(=C)c1cc(-c2cncc(CN3CCCCC3)c2)ccc1N)C(=C)NC(CC)CC. The van der Waals surface area contributed by atoms with Gasteiger partial charge < -0.3 is 16.4 Å². The molecule has 0 radical (unpaired) electrons. The van der Waals surface area contributed by atoms with Gasteiger partial charge in [0, 0.05) is 58.9 Å². The van der Waals surface area contributed by atoms with E-state index in [0.29, 0.717) is 17.4 Å². The number of benzene rings is 1. The van der Waals surface area contributed by atoms with Crippen LogP contribution in [0.4, 0.5) is 5.69 Å². The molecule has 3 rings (SSSR count). The van der Waals surface area contributed by atoms with Crippen LogP contribution in [0.2, 0.25) is 0 Å². The Labute approximate surface area is 242 Å². The van der Waals surface area contributed by atoms with E-state index >= 15 is 0 Å². The van der Waals surface area contributed by atoms with Crippen LogP contribution in [0.1, 0.15) is 64.0 Å². The van der Waals surface area contributed by atoms with E-state index in [1.54, 1.807) is 0 Å². The fraction of sp³-hybridized carbons (Fsp3) is 0.343. The number of anilines is 1. The van der Waals surface area contributed by atoms with Crippen molar-refractivity contribution in [3.8, 4) is 11.1 Å². The minimum atomic E-state index is 0.397. The molecule has 1 aromatic carbocycles. The van der Waals surface area contributed by atoms with Crippen molar-refractivity contribution < 1.29 is 0 Å². The summed E-state index contributed by atoms with van der Waals surface area (Å²) in [5, 5.41) is 6.83. The standard InChI is InChI=1S/C35H47N5/c1-8-32(9-2)38-27(6)25(4)14-16-33(10-3)39-28(7)26(5)34-21-30(15-17-35(34)36)31-20-29(22-37-23-31)24-40-18-12-11-13-19-40/h10,14-17,20-23,32,38-39H,4-9,11-13,18-19,24,36H2,1-3H3/b16-14-,33-10+. The van der Waals surface area contributed by atoms with E-state index in [0.717, 1.165) is 71.7 Å². The van der Waals surface area contributed by atoms with Gasteiger partial charge in [-0.3, -0.25) is 9.88 Å². The summed E-state index contributed by atoms with van der Waals surface area (Å²) in [6.45, 7) is 26.4. The number of hydrogen-bond donors (Lipinski definition) is 3. The van der Waals surface area contributed by atoms with E-state index in [9.17, 15) is 0 Å². The molecule has 2 heterocycles. The zero-order chi connectivity index (χ0) is 29.1. The van der Waals surface area contributed by atoms with Gasteiger partial charge in [-0.1, -0.05) is 64.8 Å². The Hall–Kier alpha value is -3.83. The zero-order valence-corrected chi connectivity index (χ0v) is 24.7. The third-order valence-corrected chi connectivity index (χ3v) is 7.55. The Morgan fingerprint density at radius 3 is 2.38 bits per heavy atom. The number of allylic oxidation sites excluding steroid dienone is 4. The number of nitrogens with zero attached hydrogens (tertiary/aromatic N) is 2. The third-order valence-electron chi connectivity index (χ3n) is 7.55. The molecule has 4 N–H and O–H groups in total. The van der Waals surface area contributed by atoms with Gasteiger partial charge in [-0.15, -0.1) is 0 Å². The Morgan fingerprint density at radius 1 is 0.975 bits per heavy atom. The Balaban J connectivity index is 1.69. The quantitative estimate of drug-likeness (QED) is 0.170. The Kier molecular flexibility index (Phi) is 11.6. The highest BCUT2D eigenvalue weighted by atomic mass is 15.1. The molecule has 0 saturated carbocycles. The van der Waals surface area contributed by atoms with Gasteiger partial charge >= 0.3 is 0 Å². The number of piperidine rings is 1. The maximum Gasteiger partial charge on any atom is 0.0394 e. The lowest BCUT2D eigenvalue weighted by atomic mass is 9.97. The van der Waals surface area contributed by atoms with Gasteiger partial charge in [0.05, 0.1) is 0 Å². The molecule has 1 aliphatic heterocycles. The first-order valence-electron chi connectivity index (χ1n) is 14.5. The van der Waals surface area contributed by atoms with E-state index < -0.39 is 0 Å². The first kappa shape index (κ1) is 30.7. The minimum absolute atomic E-state index is 0.397. The fourth-order valence-electron chi connectivity index (χ4n) is 4.85. The van der Waals surface area contributed by atoms with E-state index in [4.69, 9.17) is 5.73 Å². The van der Waals surface area contributed by atoms with Crippen LogP contribution in [-0.4, -0.2) is 29.0 Å².